The summed E-state index contributed by atoms with van der Waals surface area (Å²) in [7, 11) is 0. The largest absolute Gasteiger partial charge is 0.491 e. The van der Waals surface area contributed by atoms with Crippen molar-refractivity contribution in [2.75, 3.05) is 52.4 Å². The number of ether oxygens (including phenoxy) is 1. The number of likely N-dealkylation sites (tertiary alicyclic amines) is 1. The van der Waals surface area contributed by atoms with Crippen LogP contribution in [0.3, 0.4) is 0 Å². The zero-order chi connectivity index (χ0) is 19.9. The van der Waals surface area contributed by atoms with Crippen LogP contribution in [0.2, 0.25) is 5.02 Å². The highest BCUT2D eigenvalue weighted by Crippen LogP contribution is 2.23. The van der Waals surface area contributed by atoms with Gasteiger partial charge in [-0.25, -0.2) is 0 Å². The van der Waals surface area contributed by atoms with Crippen LogP contribution >= 0.6 is 11.6 Å². The average molecular weight is 406 g/mol. The molecule has 1 aromatic carbocycles. The maximum absolute atomic E-state index is 12.8. The van der Waals surface area contributed by atoms with E-state index in [0.29, 0.717) is 30.5 Å². The standard InChI is InChI=1S/C21H28ClN3O3/c1-2-20(26)24-9-7-17(8-10-24)21(27)25-13-11-23(12-14-25)15-16-28-19-6-4-3-5-18(19)22/h2-6,17H,1,7-16H2. The van der Waals surface area contributed by atoms with Crippen molar-refractivity contribution >= 4 is 23.4 Å². The van der Waals surface area contributed by atoms with Gasteiger partial charge in [0, 0.05) is 51.7 Å². The lowest BCUT2D eigenvalue weighted by Crippen LogP contribution is -2.52. The van der Waals surface area contributed by atoms with Crippen LogP contribution < -0.4 is 4.74 Å². The molecular formula is C21H28ClN3O3. The second-order valence-corrected chi connectivity index (χ2v) is 7.66. The molecule has 2 fully saturated rings. The Balaban J connectivity index is 1.37. The summed E-state index contributed by atoms with van der Waals surface area (Å²) in [5.74, 6) is 0.930. The molecule has 2 heterocycles. The number of halogens is 1. The van der Waals surface area contributed by atoms with Crippen LogP contribution in [0.4, 0.5) is 0 Å². The van der Waals surface area contributed by atoms with Crippen molar-refractivity contribution in [2.45, 2.75) is 12.8 Å². The number of nitrogens with zero attached hydrogens (tertiary/aromatic N) is 3. The molecule has 0 spiro atoms. The Labute approximate surface area is 171 Å². The Bertz CT molecular complexity index is 696. The highest BCUT2D eigenvalue weighted by Gasteiger charge is 2.31. The Morgan fingerprint density at radius 1 is 1.07 bits per heavy atom. The van der Waals surface area contributed by atoms with Gasteiger partial charge in [0.25, 0.3) is 0 Å². The van der Waals surface area contributed by atoms with Gasteiger partial charge in [-0.1, -0.05) is 30.3 Å². The molecule has 0 atom stereocenters. The Kier molecular flexibility index (Phi) is 7.34. The molecule has 0 saturated carbocycles. The van der Waals surface area contributed by atoms with Gasteiger partial charge < -0.3 is 14.5 Å². The molecule has 0 radical (unpaired) electrons. The summed E-state index contributed by atoms with van der Waals surface area (Å²) in [6.45, 7) is 9.40. The summed E-state index contributed by atoms with van der Waals surface area (Å²) in [5.41, 5.74) is 0. The van der Waals surface area contributed by atoms with Gasteiger partial charge >= 0.3 is 0 Å². The number of piperazine rings is 1. The van der Waals surface area contributed by atoms with Crippen LogP contribution in [0.1, 0.15) is 12.8 Å². The van der Waals surface area contributed by atoms with Crippen molar-refractivity contribution in [1.29, 1.82) is 0 Å². The number of rotatable bonds is 6. The van der Waals surface area contributed by atoms with E-state index in [9.17, 15) is 9.59 Å². The molecule has 0 bridgehead atoms. The molecular weight excluding hydrogens is 378 g/mol. The first kappa shape index (κ1) is 20.7. The predicted octanol–water partition coefficient (Wildman–Crippen LogP) is 2.29. The summed E-state index contributed by atoms with van der Waals surface area (Å²) in [6, 6.07) is 7.47. The van der Waals surface area contributed by atoms with Gasteiger partial charge in [-0.2, -0.15) is 0 Å². The number of carbonyl (C=O) groups is 2. The van der Waals surface area contributed by atoms with E-state index < -0.39 is 0 Å². The van der Waals surface area contributed by atoms with Crippen molar-refractivity contribution in [3.8, 4) is 5.75 Å². The van der Waals surface area contributed by atoms with E-state index in [1.165, 1.54) is 6.08 Å². The fourth-order valence-corrected chi connectivity index (χ4v) is 3.96. The van der Waals surface area contributed by atoms with E-state index >= 15 is 0 Å². The first-order valence-electron chi connectivity index (χ1n) is 9.88. The molecule has 3 rings (SSSR count). The third-order valence-corrected chi connectivity index (χ3v) is 5.83. The lowest BCUT2D eigenvalue weighted by Gasteiger charge is -2.38. The molecule has 2 saturated heterocycles. The molecule has 28 heavy (non-hydrogen) atoms. The Morgan fingerprint density at radius 3 is 2.39 bits per heavy atom. The molecule has 0 aromatic heterocycles. The predicted molar refractivity (Wildman–Crippen MR) is 109 cm³/mol. The van der Waals surface area contributed by atoms with E-state index in [1.54, 1.807) is 4.90 Å². The van der Waals surface area contributed by atoms with Crippen LogP contribution in [0.15, 0.2) is 36.9 Å². The van der Waals surface area contributed by atoms with Gasteiger partial charge in [0.1, 0.15) is 12.4 Å². The van der Waals surface area contributed by atoms with Crippen LogP contribution in [0.5, 0.6) is 5.75 Å². The van der Waals surface area contributed by atoms with Gasteiger partial charge in [-0.3, -0.25) is 14.5 Å². The third-order valence-electron chi connectivity index (χ3n) is 5.52. The number of carbonyl (C=O) groups excluding carboxylic acids is 2. The number of para-hydroxylation sites is 1. The number of amides is 2. The number of benzene rings is 1. The zero-order valence-corrected chi connectivity index (χ0v) is 16.9. The van der Waals surface area contributed by atoms with Crippen LogP contribution in [0, 0.1) is 5.92 Å². The molecule has 0 unspecified atom stereocenters. The SMILES string of the molecule is C=CC(=O)N1CCC(C(=O)N2CCN(CCOc3ccccc3Cl)CC2)CC1. The molecule has 1 aromatic rings. The monoisotopic (exact) mass is 405 g/mol. The molecule has 7 heteroatoms. The summed E-state index contributed by atoms with van der Waals surface area (Å²) >= 11 is 6.10. The molecule has 0 aliphatic carbocycles. The third kappa shape index (κ3) is 5.26. The van der Waals surface area contributed by atoms with Crippen molar-refractivity contribution in [3.63, 3.8) is 0 Å². The highest BCUT2D eigenvalue weighted by molar-refractivity contribution is 6.32. The van der Waals surface area contributed by atoms with Crippen molar-refractivity contribution in [3.05, 3.63) is 41.9 Å². The lowest BCUT2D eigenvalue weighted by molar-refractivity contribution is -0.140. The molecule has 2 amide bonds. The fourth-order valence-electron chi connectivity index (χ4n) is 3.77. The number of hydrogen-bond acceptors (Lipinski definition) is 4. The minimum absolute atomic E-state index is 0.0315. The highest BCUT2D eigenvalue weighted by atomic mass is 35.5. The molecule has 152 valence electrons. The van der Waals surface area contributed by atoms with Crippen molar-refractivity contribution in [1.82, 2.24) is 14.7 Å². The first-order valence-corrected chi connectivity index (χ1v) is 10.3. The van der Waals surface area contributed by atoms with Gasteiger partial charge in [0.2, 0.25) is 11.8 Å². The van der Waals surface area contributed by atoms with Crippen molar-refractivity contribution < 1.29 is 14.3 Å². The van der Waals surface area contributed by atoms with Crippen LogP contribution in [0.25, 0.3) is 0 Å². The molecule has 0 N–H and O–H groups in total. The molecule has 2 aliphatic rings. The molecule has 2 aliphatic heterocycles. The Hall–Kier alpha value is -2.05. The molecule has 6 nitrogen and oxygen atoms in total. The maximum Gasteiger partial charge on any atom is 0.245 e. The number of piperidine rings is 1. The van der Waals surface area contributed by atoms with E-state index in [-0.39, 0.29) is 17.7 Å². The van der Waals surface area contributed by atoms with Crippen molar-refractivity contribution in [2.24, 2.45) is 5.92 Å². The number of hydrogen-bond donors (Lipinski definition) is 0. The van der Waals surface area contributed by atoms with Gasteiger partial charge in [-0.15, -0.1) is 0 Å². The van der Waals surface area contributed by atoms with Gasteiger partial charge in [0.15, 0.2) is 0 Å². The topological polar surface area (TPSA) is 53.1 Å². The summed E-state index contributed by atoms with van der Waals surface area (Å²) in [5, 5.41) is 0.624. The lowest BCUT2D eigenvalue weighted by atomic mass is 9.95. The minimum Gasteiger partial charge on any atom is -0.491 e. The van der Waals surface area contributed by atoms with E-state index in [4.69, 9.17) is 16.3 Å². The van der Waals surface area contributed by atoms with E-state index in [0.717, 1.165) is 45.6 Å². The zero-order valence-electron chi connectivity index (χ0n) is 16.2. The second kappa shape index (κ2) is 9.94. The second-order valence-electron chi connectivity index (χ2n) is 7.25. The van der Waals surface area contributed by atoms with Gasteiger partial charge in [0.05, 0.1) is 5.02 Å². The quantitative estimate of drug-likeness (QED) is 0.681. The van der Waals surface area contributed by atoms with Crippen LogP contribution in [-0.4, -0.2) is 78.9 Å². The maximum atomic E-state index is 12.8. The van der Waals surface area contributed by atoms with Crippen LogP contribution in [-0.2, 0) is 9.59 Å². The normalized spacial score (nSPS) is 18.8. The minimum atomic E-state index is -0.0430. The summed E-state index contributed by atoms with van der Waals surface area (Å²) in [4.78, 5) is 30.5. The Morgan fingerprint density at radius 2 is 1.75 bits per heavy atom. The first-order chi connectivity index (χ1) is 13.6. The van der Waals surface area contributed by atoms with Gasteiger partial charge in [-0.05, 0) is 31.1 Å². The van der Waals surface area contributed by atoms with E-state index in [1.807, 2.05) is 29.2 Å². The smallest absolute Gasteiger partial charge is 0.245 e. The summed E-state index contributed by atoms with van der Waals surface area (Å²) < 4.78 is 5.75. The summed E-state index contributed by atoms with van der Waals surface area (Å²) in [6.07, 6.45) is 2.82. The average Bonchev–Trinajstić information content (AvgIpc) is 2.74. The fraction of sp³-hybridized carbons (Fsp3) is 0.524. The van der Waals surface area contributed by atoms with E-state index in [2.05, 4.69) is 11.5 Å².